The van der Waals surface area contributed by atoms with Crippen molar-refractivity contribution in [3.05, 3.63) is 0 Å². The summed E-state index contributed by atoms with van der Waals surface area (Å²) in [6.45, 7) is 15.2. The summed E-state index contributed by atoms with van der Waals surface area (Å²) in [6.07, 6.45) is 9.96. The Balaban J connectivity index is 4.30. The van der Waals surface area contributed by atoms with Gasteiger partial charge in [0.05, 0.1) is 0 Å². The molecule has 0 spiro atoms. The van der Waals surface area contributed by atoms with Gasteiger partial charge in [-0.1, -0.05) is 87.0 Å². The molecule has 1 atom stereocenters. The second-order valence-electron chi connectivity index (χ2n) is 8.63. The Morgan fingerprint density at radius 1 is 0.850 bits per heavy atom. The van der Waals surface area contributed by atoms with E-state index in [4.69, 9.17) is 0 Å². The lowest BCUT2D eigenvalue weighted by Crippen LogP contribution is -2.31. The van der Waals surface area contributed by atoms with Crippen LogP contribution in [0.5, 0.6) is 0 Å². The van der Waals surface area contributed by atoms with Crippen LogP contribution in [0.3, 0.4) is 0 Å². The molecular weight excluding hydrogens is 244 g/mol. The topological polar surface area (TPSA) is 17.1 Å². The Kier molecular flexibility index (Phi) is 8.70. The van der Waals surface area contributed by atoms with Crippen molar-refractivity contribution < 1.29 is 4.79 Å². The Morgan fingerprint density at radius 3 is 1.80 bits per heavy atom. The minimum absolute atomic E-state index is 0.196. The SMILES string of the molecule is CCCCCCCC[C@H](CC(C)(C)C)C(=O)C(C)(C)C. The van der Waals surface area contributed by atoms with Gasteiger partial charge in [0.25, 0.3) is 0 Å². The predicted octanol–water partition coefficient (Wildman–Crippen LogP) is 6.40. The van der Waals surface area contributed by atoms with Gasteiger partial charge in [0, 0.05) is 11.3 Å². The van der Waals surface area contributed by atoms with Crippen LogP contribution >= 0.6 is 0 Å². The second-order valence-corrected chi connectivity index (χ2v) is 8.63. The minimum Gasteiger partial charge on any atom is -0.299 e. The van der Waals surface area contributed by atoms with Crippen LogP contribution in [-0.4, -0.2) is 5.78 Å². The molecule has 0 aliphatic carbocycles. The van der Waals surface area contributed by atoms with Crippen LogP contribution in [0.15, 0.2) is 0 Å². The van der Waals surface area contributed by atoms with Gasteiger partial charge in [0.15, 0.2) is 0 Å². The molecule has 0 aliphatic heterocycles. The van der Waals surface area contributed by atoms with Crippen LogP contribution in [0.4, 0.5) is 0 Å². The lowest BCUT2D eigenvalue weighted by atomic mass is 9.74. The van der Waals surface area contributed by atoms with Crippen molar-refractivity contribution in [3.63, 3.8) is 0 Å². The van der Waals surface area contributed by atoms with Crippen LogP contribution in [0, 0.1) is 16.7 Å². The standard InChI is InChI=1S/C19H38O/c1-8-9-10-11-12-13-14-16(15-18(2,3)4)17(20)19(5,6)7/h16H,8-15H2,1-7H3/t16-/m1/s1. The number of hydrogen-bond acceptors (Lipinski definition) is 1. The van der Waals surface area contributed by atoms with Gasteiger partial charge >= 0.3 is 0 Å². The Hall–Kier alpha value is -0.330. The van der Waals surface area contributed by atoms with Crippen molar-refractivity contribution >= 4 is 5.78 Å². The molecule has 0 N–H and O–H groups in total. The molecule has 0 fully saturated rings. The average Bonchev–Trinajstić information content (AvgIpc) is 2.28. The zero-order valence-corrected chi connectivity index (χ0v) is 15.1. The van der Waals surface area contributed by atoms with E-state index in [1.165, 1.54) is 38.5 Å². The quantitative estimate of drug-likeness (QED) is 0.447. The average molecular weight is 283 g/mol. The third-order valence-electron chi connectivity index (χ3n) is 3.87. The van der Waals surface area contributed by atoms with Gasteiger partial charge < -0.3 is 0 Å². The molecule has 0 amide bonds. The molecular formula is C19H38O. The third kappa shape index (κ3) is 9.55. The van der Waals surface area contributed by atoms with E-state index in [-0.39, 0.29) is 16.7 Å². The molecule has 0 heterocycles. The highest BCUT2D eigenvalue weighted by Gasteiger charge is 2.31. The maximum absolute atomic E-state index is 12.6. The summed E-state index contributed by atoms with van der Waals surface area (Å²) < 4.78 is 0. The highest BCUT2D eigenvalue weighted by molar-refractivity contribution is 5.85. The number of hydrogen-bond donors (Lipinski definition) is 0. The Morgan fingerprint density at radius 2 is 1.35 bits per heavy atom. The van der Waals surface area contributed by atoms with E-state index in [2.05, 4.69) is 48.5 Å². The molecule has 0 radical (unpaired) electrons. The van der Waals surface area contributed by atoms with E-state index in [0.29, 0.717) is 5.78 Å². The Bertz CT molecular complexity index is 264. The summed E-state index contributed by atoms with van der Waals surface area (Å²) >= 11 is 0. The van der Waals surface area contributed by atoms with E-state index in [9.17, 15) is 4.79 Å². The van der Waals surface area contributed by atoms with Gasteiger partial charge in [-0.3, -0.25) is 4.79 Å². The molecule has 0 rings (SSSR count). The number of unbranched alkanes of at least 4 members (excludes halogenated alkanes) is 5. The summed E-state index contributed by atoms with van der Waals surface area (Å²) in [7, 11) is 0. The predicted molar refractivity (Wildman–Crippen MR) is 90.0 cm³/mol. The van der Waals surface area contributed by atoms with Gasteiger partial charge in [-0.05, 0) is 18.3 Å². The van der Waals surface area contributed by atoms with Crippen LogP contribution in [-0.2, 0) is 4.79 Å². The van der Waals surface area contributed by atoms with Gasteiger partial charge in [0.2, 0.25) is 0 Å². The first-order valence-electron chi connectivity index (χ1n) is 8.62. The van der Waals surface area contributed by atoms with Crippen molar-refractivity contribution in [1.82, 2.24) is 0 Å². The fourth-order valence-corrected chi connectivity index (χ4v) is 2.85. The molecule has 0 aromatic carbocycles. The molecule has 0 bridgehead atoms. The molecule has 0 unspecified atom stereocenters. The van der Waals surface area contributed by atoms with Crippen LogP contribution in [0.2, 0.25) is 0 Å². The first-order valence-corrected chi connectivity index (χ1v) is 8.62. The molecule has 0 aromatic heterocycles. The summed E-state index contributed by atoms with van der Waals surface area (Å²) in [5, 5.41) is 0. The first-order chi connectivity index (χ1) is 9.08. The van der Waals surface area contributed by atoms with Crippen molar-refractivity contribution in [2.75, 3.05) is 0 Å². The molecule has 120 valence electrons. The summed E-state index contributed by atoms with van der Waals surface area (Å²) in [5.74, 6) is 0.710. The minimum atomic E-state index is -0.196. The van der Waals surface area contributed by atoms with Gasteiger partial charge in [-0.2, -0.15) is 0 Å². The maximum atomic E-state index is 12.6. The fraction of sp³-hybridized carbons (Fsp3) is 0.947. The number of carbonyl (C=O) groups excluding carboxylic acids is 1. The van der Waals surface area contributed by atoms with Gasteiger partial charge in [-0.25, -0.2) is 0 Å². The normalized spacial score (nSPS) is 14.3. The second kappa shape index (κ2) is 8.85. The lowest BCUT2D eigenvalue weighted by molar-refractivity contribution is -0.131. The van der Waals surface area contributed by atoms with Crippen molar-refractivity contribution in [2.45, 2.75) is 99.8 Å². The Labute approximate surface area is 127 Å². The number of ketones is 1. The van der Waals surface area contributed by atoms with Crippen LogP contribution < -0.4 is 0 Å². The van der Waals surface area contributed by atoms with E-state index < -0.39 is 0 Å². The maximum Gasteiger partial charge on any atom is 0.141 e. The van der Waals surface area contributed by atoms with E-state index in [0.717, 1.165) is 12.8 Å². The van der Waals surface area contributed by atoms with Crippen molar-refractivity contribution in [1.29, 1.82) is 0 Å². The smallest absolute Gasteiger partial charge is 0.141 e. The number of rotatable bonds is 9. The molecule has 0 saturated carbocycles. The largest absolute Gasteiger partial charge is 0.299 e. The number of Topliss-reactive ketones (excluding diaryl/α,β-unsaturated/α-hetero) is 1. The van der Waals surface area contributed by atoms with Crippen LogP contribution in [0.25, 0.3) is 0 Å². The van der Waals surface area contributed by atoms with Gasteiger partial charge in [0.1, 0.15) is 5.78 Å². The third-order valence-corrected chi connectivity index (χ3v) is 3.87. The molecule has 0 saturated heterocycles. The van der Waals surface area contributed by atoms with Crippen molar-refractivity contribution in [2.24, 2.45) is 16.7 Å². The summed E-state index contributed by atoms with van der Waals surface area (Å²) in [6, 6.07) is 0. The molecule has 0 aliphatic rings. The highest BCUT2D eigenvalue weighted by atomic mass is 16.1. The summed E-state index contributed by atoms with van der Waals surface area (Å²) in [4.78, 5) is 12.6. The monoisotopic (exact) mass is 282 g/mol. The molecule has 1 nitrogen and oxygen atoms in total. The fourth-order valence-electron chi connectivity index (χ4n) is 2.85. The number of carbonyl (C=O) groups is 1. The molecule has 1 heteroatoms. The van der Waals surface area contributed by atoms with Crippen molar-refractivity contribution in [3.8, 4) is 0 Å². The summed E-state index contributed by atoms with van der Waals surface area (Å²) in [5.41, 5.74) is 0.0475. The lowest BCUT2D eigenvalue weighted by Gasteiger charge is -2.30. The van der Waals surface area contributed by atoms with Crippen LogP contribution in [0.1, 0.15) is 99.8 Å². The zero-order chi connectivity index (χ0) is 15.8. The molecule has 20 heavy (non-hydrogen) atoms. The van der Waals surface area contributed by atoms with E-state index in [1.807, 2.05) is 0 Å². The zero-order valence-electron chi connectivity index (χ0n) is 15.1. The molecule has 0 aromatic rings. The van der Waals surface area contributed by atoms with E-state index >= 15 is 0 Å². The van der Waals surface area contributed by atoms with E-state index in [1.54, 1.807) is 0 Å². The first kappa shape index (κ1) is 19.7. The van der Waals surface area contributed by atoms with Gasteiger partial charge in [-0.15, -0.1) is 0 Å². The highest BCUT2D eigenvalue weighted by Crippen LogP contribution is 2.33.